The number of methoxy groups -OCH3 is 2. The molecule has 7 nitrogen and oxygen atoms in total. The van der Waals surface area contributed by atoms with Crippen molar-refractivity contribution in [3.8, 4) is 11.8 Å². The zero-order valence-corrected chi connectivity index (χ0v) is 20.7. The third-order valence-corrected chi connectivity index (χ3v) is 5.92. The molecule has 0 saturated carbocycles. The molecule has 0 heterocycles. The van der Waals surface area contributed by atoms with Crippen molar-refractivity contribution < 1.29 is 23.8 Å². The van der Waals surface area contributed by atoms with Crippen molar-refractivity contribution in [1.82, 2.24) is 4.90 Å². The summed E-state index contributed by atoms with van der Waals surface area (Å²) in [7, 11) is 4.96. The molecule has 0 radical (unpaired) electrons. The van der Waals surface area contributed by atoms with E-state index in [2.05, 4.69) is 11.0 Å². The van der Waals surface area contributed by atoms with E-state index in [1.54, 1.807) is 32.2 Å². The van der Waals surface area contributed by atoms with Crippen molar-refractivity contribution in [3.63, 3.8) is 0 Å². The Balaban J connectivity index is 2.06. The maximum Gasteiger partial charge on any atom is 0.337 e. The first-order valence-corrected chi connectivity index (χ1v) is 11.4. The second-order valence-electron chi connectivity index (χ2n) is 8.27. The van der Waals surface area contributed by atoms with Gasteiger partial charge in [0.25, 0.3) is 0 Å². The summed E-state index contributed by atoms with van der Waals surface area (Å²) in [5.74, 6) is -0.171. The van der Waals surface area contributed by atoms with Crippen LogP contribution in [0.15, 0.2) is 42.5 Å². The van der Waals surface area contributed by atoms with E-state index in [4.69, 9.17) is 14.2 Å². The van der Waals surface area contributed by atoms with Gasteiger partial charge in [0.05, 0.1) is 32.5 Å². The lowest BCUT2D eigenvalue weighted by molar-refractivity contribution is -0.148. The van der Waals surface area contributed by atoms with Crippen LogP contribution in [0.25, 0.3) is 0 Å². The average Bonchev–Trinajstić information content (AvgIpc) is 2.85. The highest BCUT2D eigenvalue weighted by molar-refractivity contribution is 5.89. The number of nitriles is 1. The molecule has 0 fully saturated rings. The first-order valence-electron chi connectivity index (χ1n) is 11.4. The van der Waals surface area contributed by atoms with Crippen LogP contribution >= 0.6 is 0 Å². The minimum atomic E-state index is -1.37. The molecule has 2 aromatic carbocycles. The van der Waals surface area contributed by atoms with E-state index in [9.17, 15) is 14.9 Å². The molecule has 2 rings (SSSR count). The fraction of sp³-hybridized carbons (Fsp3) is 0.444. The molecule has 1 atom stereocenters. The van der Waals surface area contributed by atoms with Gasteiger partial charge in [0.15, 0.2) is 5.41 Å². The molecule has 34 heavy (non-hydrogen) atoms. The molecule has 0 N–H and O–H groups in total. The van der Waals surface area contributed by atoms with Gasteiger partial charge in [0.1, 0.15) is 5.75 Å². The Bertz CT molecular complexity index is 1030. The normalized spacial score (nSPS) is 12.5. The molecular weight excluding hydrogens is 432 g/mol. The monoisotopic (exact) mass is 466 g/mol. The Morgan fingerprint density at radius 2 is 1.88 bits per heavy atom. The molecule has 2 aromatic rings. The standard InChI is InChI=1S/C27H34N2O5/c1-6-34-26(31)27(19-28,23-11-12-24(32-4)20(2)17-23)14-8-15-29(3)16-13-21-9-7-10-22(18-21)25(30)33-5/h7,9-12,17-18H,6,8,13-16H2,1-5H3. The Hall–Kier alpha value is -3.37. The number of carbonyl (C=O) groups excluding carboxylic acids is 2. The van der Waals surface area contributed by atoms with Gasteiger partial charge in [-0.15, -0.1) is 0 Å². The molecule has 0 aliphatic carbocycles. The zero-order chi connectivity index (χ0) is 25.1. The van der Waals surface area contributed by atoms with E-state index in [1.165, 1.54) is 7.11 Å². The van der Waals surface area contributed by atoms with Crippen LogP contribution in [0.5, 0.6) is 5.75 Å². The smallest absolute Gasteiger partial charge is 0.337 e. The summed E-state index contributed by atoms with van der Waals surface area (Å²) in [5, 5.41) is 10.1. The van der Waals surface area contributed by atoms with Gasteiger partial charge in [0, 0.05) is 6.54 Å². The van der Waals surface area contributed by atoms with Crippen LogP contribution in [0, 0.1) is 18.3 Å². The van der Waals surface area contributed by atoms with E-state index < -0.39 is 11.4 Å². The lowest BCUT2D eigenvalue weighted by Crippen LogP contribution is -2.37. The molecule has 182 valence electrons. The van der Waals surface area contributed by atoms with Gasteiger partial charge in [-0.1, -0.05) is 24.3 Å². The van der Waals surface area contributed by atoms with Crippen molar-refractivity contribution in [2.24, 2.45) is 0 Å². The second-order valence-corrected chi connectivity index (χ2v) is 8.27. The van der Waals surface area contributed by atoms with E-state index in [0.717, 1.165) is 24.1 Å². The Morgan fingerprint density at radius 3 is 2.50 bits per heavy atom. The van der Waals surface area contributed by atoms with Crippen LogP contribution in [0.4, 0.5) is 0 Å². The lowest BCUT2D eigenvalue weighted by atomic mass is 9.77. The van der Waals surface area contributed by atoms with Crippen LogP contribution in [0.2, 0.25) is 0 Å². The van der Waals surface area contributed by atoms with Gasteiger partial charge >= 0.3 is 11.9 Å². The number of hydrogen-bond acceptors (Lipinski definition) is 7. The third kappa shape index (κ3) is 6.58. The number of esters is 2. The quantitative estimate of drug-likeness (QED) is 0.436. The van der Waals surface area contributed by atoms with Crippen LogP contribution in [-0.4, -0.2) is 57.8 Å². The van der Waals surface area contributed by atoms with Gasteiger partial charge in [0.2, 0.25) is 0 Å². The van der Waals surface area contributed by atoms with Crippen molar-refractivity contribution in [2.45, 2.75) is 38.5 Å². The predicted molar refractivity (Wildman–Crippen MR) is 130 cm³/mol. The summed E-state index contributed by atoms with van der Waals surface area (Å²) in [6.07, 6.45) is 1.74. The van der Waals surface area contributed by atoms with E-state index >= 15 is 0 Å². The molecular formula is C27H34N2O5. The maximum atomic E-state index is 12.9. The zero-order valence-electron chi connectivity index (χ0n) is 20.7. The van der Waals surface area contributed by atoms with Crippen LogP contribution in [0.1, 0.15) is 46.8 Å². The van der Waals surface area contributed by atoms with E-state index in [1.807, 2.05) is 38.2 Å². The Kier molecular flexibility index (Phi) is 10.1. The first-order chi connectivity index (χ1) is 16.3. The number of likely N-dealkylation sites (N-methyl/N-ethyl adjacent to an activating group) is 1. The Labute approximate surface area is 202 Å². The number of aryl methyl sites for hydroxylation is 1. The SMILES string of the molecule is CCOC(=O)C(C#N)(CCCN(C)CCc1cccc(C(=O)OC)c1)c1ccc(OC)c(C)c1. The Morgan fingerprint density at radius 1 is 1.12 bits per heavy atom. The van der Waals surface area contributed by atoms with Gasteiger partial charge in [-0.2, -0.15) is 5.26 Å². The minimum Gasteiger partial charge on any atom is -0.496 e. The van der Waals surface area contributed by atoms with Gasteiger partial charge in [-0.05, 0) is 81.6 Å². The van der Waals surface area contributed by atoms with E-state index in [-0.39, 0.29) is 12.6 Å². The molecule has 0 spiro atoms. The predicted octanol–water partition coefficient (Wildman–Crippen LogP) is 4.07. The molecule has 0 amide bonds. The molecule has 0 bridgehead atoms. The summed E-state index contributed by atoms with van der Waals surface area (Å²) in [6, 6.07) is 15.0. The maximum absolute atomic E-state index is 12.9. The van der Waals surface area contributed by atoms with Gasteiger partial charge in [-0.3, -0.25) is 0 Å². The van der Waals surface area contributed by atoms with Crippen LogP contribution in [-0.2, 0) is 26.1 Å². The highest BCUT2D eigenvalue weighted by Gasteiger charge is 2.42. The van der Waals surface area contributed by atoms with Crippen LogP contribution in [0.3, 0.4) is 0 Å². The van der Waals surface area contributed by atoms with E-state index in [0.29, 0.717) is 36.3 Å². The number of rotatable bonds is 12. The fourth-order valence-electron chi connectivity index (χ4n) is 3.95. The molecule has 0 aliphatic heterocycles. The highest BCUT2D eigenvalue weighted by atomic mass is 16.5. The molecule has 1 unspecified atom stereocenters. The molecule has 0 saturated heterocycles. The third-order valence-electron chi connectivity index (χ3n) is 5.92. The number of benzene rings is 2. The first kappa shape index (κ1) is 26.9. The largest absolute Gasteiger partial charge is 0.496 e. The molecule has 0 aromatic heterocycles. The second kappa shape index (κ2) is 12.8. The summed E-state index contributed by atoms with van der Waals surface area (Å²) in [6.45, 7) is 5.31. The number of nitrogens with zero attached hydrogens (tertiary/aromatic N) is 2. The summed E-state index contributed by atoms with van der Waals surface area (Å²) >= 11 is 0. The van der Waals surface area contributed by atoms with Crippen molar-refractivity contribution in [2.75, 3.05) is 41.0 Å². The summed E-state index contributed by atoms with van der Waals surface area (Å²) in [5.41, 5.74) is 1.68. The number of carbonyl (C=O) groups is 2. The van der Waals surface area contributed by atoms with Crippen LogP contribution < -0.4 is 4.74 Å². The van der Waals surface area contributed by atoms with Crippen molar-refractivity contribution in [3.05, 3.63) is 64.7 Å². The fourth-order valence-corrected chi connectivity index (χ4v) is 3.95. The number of ether oxygens (including phenoxy) is 3. The van der Waals surface area contributed by atoms with Crippen molar-refractivity contribution in [1.29, 1.82) is 5.26 Å². The molecule has 7 heteroatoms. The number of hydrogen-bond donors (Lipinski definition) is 0. The minimum absolute atomic E-state index is 0.210. The average molecular weight is 467 g/mol. The highest BCUT2D eigenvalue weighted by Crippen LogP contribution is 2.33. The summed E-state index contributed by atoms with van der Waals surface area (Å²) in [4.78, 5) is 26.8. The molecule has 0 aliphatic rings. The van der Waals surface area contributed by atoms with Gasteiger partial charge in [-0.25, -0.2) is 9.59 Å². The van der Waals surface area contributed by atoms with Crippen molar-refractivity contribution >= 4 is 11.9 Å². The van der Waals surface area contributed by atoms with Gasteiger partial charge < -0.3 is 19.1 Å². The topological polar surface area (TPSA) is 88.9 Å². The lowest BCUT2D eigenvalue weighted by Gasteiger charge is -2.27. The summed E-state index contributed by atoms with van der Waals surface area (Å²) < 4.78 is 15.4.